The molecule has 0 fully saturated rings. The van der Waals surface area contributed by atoms with E-state index in [0.717, 1.165) is 27.8 Å². The molecule has 0 unspecified atom stereocenters. The van der Waals surface area contributed by atoms with Gasteiger partial charge in [-0.2, -0.15) is 0 Å². The van der Waals surface area contributed by atoms with Crippen LogP contribution in [0.15, 0.2) is 55.2 Å². The Labute approximate surface area is 145 Å². The van der Waals surface area contributed by atoms with Gasteiger partial charge in [0.2, 0.25) is 0 Å². The topological polar surface area (TPSA) is 91.0 Å². The van der Waals surface area contributed by atoms with E-state index < -0.39 is 0 Å². The number of nitrogen functional groups attached to an aromatic ring is 1. The van der Waals surface area contributed by atoms with Crippen molar-refractivity contribution in [3.8, 4) is 22.3 Å². The van der Waals surface area contributed by atoms with E-state index in [0.29, 0.717) is 18.7 Å². The van der Waals surface area contributed by atoms with Gasteiger partial charge in [-0.05, 0) is 40.8 Å². The number of pyridine rings is 1. The zero-order valence-electron chi connectivity index (χ0n) is 13.8. The lowest BCUT2D eigenvalue weighted by atomic mass is 9.93. The number of aryl methyl sites for hydroxylation is 1. The van der Waals surface area contributed by atoms with Crippen molar-refractivity contribution in [3.63, 3.8) is 0 Å². The maximum Gasteiger partial charge on any atom is 0.305 e. The first-order valence-corrected chi connectivity index (χ1v) is 7.84. The highest BCUT2D eigenvalue weighted by atomic mass is 16.5. The largest absolute Gasteiger partial charge is 0.469 e. The molecule has 2 heterocycles. The van der Waals surface area contributed by atoms with Gasteiger partial charge in [-0.1, -0.05) is 18.2 Å². The Bertz CT molecular complexity index is 882. The molecule has 3 aromatic rings. The summed E-state index contributed by atoms with van der Waals surface area (Å²) < 4.78 is 4.76. The van der Waals surface area contributed by atoms with Gasteiger partial charge < -0.3 is 10.5 Å². The summed E-state index contributed by atoms with van der Waals surface area (Å²) >= 11 is 0. The number of aromatic nitrogens is 3. The molecule has 0 spiro atoms. The predicted molar refractivity (Wildman–Crippen MR) is 95.4 cm³/mol. The van der Waals surface area contributed by atoms with Crippen molar-refractivity contribution in [2.24, 2.45) is 0 Å². The molecule has 25 heavy (non-hydrogen) atoms. The molecule has 2 N–H and O–H groups in total. The van der Waals surface area contributed by atoms with E-state index in [9.17, 15) is 4.79 Å². The van der Waals surface area contributed by atoms with Gasteiger partial charge in [-0.15, -0.1) is 0 Å². The van der Waals surface area contributed by atoms with Gasteiger partial charge in [-0.3, -0.25) is 4.79 Å². The summed E-state index contributed by atoms with van der Waals surface area (Å²) in [5.74, 6) is 0.214. The number of hydrogen-bond donors (Lipinski definition) is 1. The van der Waals surface area contributed by atoms with Crippen LogP contribution in [0.4, 0.5) is 5.82 Å². The highest BCUT2D eigenvalue weighted by molar-refractivity contribution is 5.76. The molecule has 6 nitrogen and oxygen atoms in total. The van der Waals surface area contributed by atoms with Gasteiger partial charge in [0.25, 0.3) is 0 Å². The molecule has 6 heteroatoms. The predicted octanol–water partition coefficient (Wildman–Crippen LogP) is 2.89. The van der Waals surface area contributed by atoms with Crippen LogP contribution in [0.3, 0.4) is 0 Å². The Morgan fingerprint density at radius 1 is 1.08 bits per heavy atom. The second kappa shape index (κ2) is 7.53. The Hall–Kier alpha value is -3.28. The van der Waals surface area contributed by atoms with Crippen LogP contribution in [-0.4, -0.2) is 28.0 Å². The number of carbonyl (C=O) groups excluding carboxylic acids is 1. The second-order valence-corrected chi connectivity index (χ2v) is 5.54. The Balaban J connectivity index is 2.03. The maximum absolute atomic E-state index is 11.6. The third-order valence-electron chi connectivity index (χ3n) is 3.92. The summed E-state index contributed by atoms with van der Waals surface area (Å²) in [4.78, 5) is 23.7. The molecule has 3 rings (SSSR count). The van der Waals surface area contributed by atoms with Crippen LogP contribution in [0.25, 0.3) is 22.3 Å². The number of anilines is 1. The van der Waals surface area contributed by atoms with E-state index in [4.69, 9.17) is 10.5 Å². The number of carbonyl (C=O) groups is 1. The minimum absolute atomic E-state index is 0.242. The molecule has 0 aliphatic heterocycles. The van der Waals surface area contributed by atoms with Gasteiger partial charge in [0.1, 0.15) is 12.1 Å². The lowest BCUT2D eigenvalue weighted by Crippen LogP contribution is -2.03. The molecule has 0 aliphatic rings. The fourth-order valence-electron chi connectivity index (χ4n) is 2.66. The molecule has 0 saturated carbocycles. The smallest absolute Gasteiger partial charge is 0.305 e. The van der Waals surface area contributed by atoms with Crippen molar-refractivity contribution in [1.29, 1.82) is 0 Å². The first-order valence-electron chi connectivity index (χ1n) is 7.84. The molecule has 2 aromatic heterocycles. The van der Waals surface area contributed by atoms with Gasteiger partial charge in [0.15, 0.2) is 0 Å². The summed E-state index contributed by atoms with van der Waals surface area (Å²) in [5.41, 5.74) is 10.7. The first-order chi connectivity index (χ1) is 12.2. The number of esters is 1. The highest BCUT2D eigenvalue weighted by Crippen LogP contribution is 2.30. The fourth-order valence-corrected chi connectivity index (χ4v) is 2.66. The standard InChI is InChI=1S/C19H18N4O2/c1-25-19(24)5-3-14-8-13(16-10-21-12-22-11-16)2-4-17(14)15-6-7-23-18(20)9-15/h2,4,6-12H,3,5H2,1H3,(H2,20,23). The molecule has 1 aromatic carbocycles. The maximum atomic E-state index is 11.6. The molecule has 0 atom stereocenters. The summed E-state index contributed by atoms with van der Waals surface area (Å²) in [5, 5.41) is 0. The summed E-state index contributed by atoms with van der Waals surface area (Å²) in [6, 6.07) is 9.80. The normalized spacial score (nSPS) is 10.4. The average Bonchev–Trinajstić information content (AvgIpc) is 2.66. The molecule has 0 aliphatic carbocycles. The van der Waals surface area contributed by atoms with Crippen LogP contribution >= 0.6 is 0 Å². The van der Waals surface area contributed by atoms with E-state index in [-0.39, 0.29) is 5.97 Å². The van der Waals surface area contributed by atoms with Crippen LogP contribution in [0, 0.1) is 0 Å². The zero-order valence-corrected chi connectivity index (χ0v) is 13.8. The van der Waals surface area contributed by atoms with Gasteiger partial charge in [0.05, 0.1) is 7.11 Å². The number of ether oxygens (including phenoxy) is 1. The molecular formula is C19H18N4O2. The number of nitrogens with zero attached hydrogens (tertiary/aromatic N) is 3. The van der Waals surface area contributed by atoms with Crippen molar-refractivity contribution in [2.45, 2.75) is 12.8 Å². The summed E-state index contributed by atoms with van der Waals surface area (Å²) in [7, 11) is 1.39. The SMILES string of the molecule is COC(=O)CCc1cc(-c2cncnc2)ccc1-c1ccnc(N)c1. The van der Waals surface area contributed by atoms with E-state index in [1.807, 2.05) is 30.3 Å². The Morgan fingerprint density at radius 2 is 1.88 bits per heavy atom. The lowest BCUT2D eigenvalue weighted by molar-refractivity contribution is -0.140. The monoisotopic (exact) mass is 334 g/mol. The van der Waals surface area contributed by atoms with E-state index in [2.05, 4.69) is 15.0 Å². The number of hydrogen-bond acceptors (Lipinski definition) is 6. The van der Waals surface area contributed by atoms with Crippen LogP contribution in [0.1, 0.15) is 12.0 Å². The van der Waals surface area contributed by atoms with Crippen LogP contribution in [-0.2, 0) is 16.0 Å². The van der Waals surface area contributed by atoms with Crippen molar-refractivity contribution < 1.29 is 9.53 Å². The second-order valence-electron chi connectivity index (χ2n) is 5.54. The molecule has 0 amide bonds. The Morgan fingerprint density at radius 3 is 2.60 bits per heavy atom. The van der Waals surface area contributed by atoms with Crippen LogP contribution < -0.4 is 5.73 Å². The number of benzene rings is 1. The molecule has 0 bridgehead atoms. The van der Waals surface area contributed by atoms with E-state index in [1.54, 1.807) is 18.6 Å². The first kappa shape index (κ1) is 16.6. The number of rotatable bonds is 5. The van der Waals surface area contributed by atoms with Crippen molar-refractivity contribution in [1.82, 2.24) is 15.0 Å². The minimum Gasteiger partial charge on any atom is -0.469 e. The molecule has 0 saturated heterocycles. The Kier molecular flexibility index (Phi) is 4.99. The highest BCUT2D eigenvalue weighted by Gasteiger charge is 2.11. The number of methoxy groups -OCH3 is 1. The minimum atomic E-state index is -0.242. The molecular weight excluding hydrogens is 316 g/mol. The third-order valence-corrected chi connectivity index (χ3v) is 3.92. The van der Waals surface area contributed by atoms with Crippen molar-refractivity contribution in [3.05, 3.63) is 60.8 Å². The average molecular weight is 334 g/mol. The van der Waals surface area contributed by atoms with Crippen LogP contribution in [0.2, 0.25) is 0 Å². The van der Waals surface area contributed by atoms with Crippen LogP contribution in [0.5, 0.6) is 0 Å². The van der Waals surface area contributed by atoms with Gasteiger partial charge >= 0.3 is 5.97 Å². The molecule has 126 valence electrons. The third kappa shape index (κ3) is 3.98. The van der Waals surface area contributed by atoms with Crippen molar-refractivity contribution in [2.75, 3.05) is 12.8 Å². The van der Waals surface area contributed by atoms with E-state index in [1.165, 1.54) is 13.4 Å². The fraction of sp³-hybridized carbons (Fsp3) is 0.158. The summed E-state index contributed by atoms with van der Waals surface area (Å²) in [6.07, 6.45) is 7.56. The zero-order chi connectivity index (χ0) is 17.6. The van der Waals surface area contributed by atoms with Gasteiger partial charge in [-0.25, -0.2) is 15.0 Å². The van der Waals surface area contributed by atoms with Gasteiger partial charge in [0, 0.05) is 30.6 Å². The quantitative estimate of drug-likeness (QED) is 0.721. The summed E-state index contributed by atoms with van der Waals surface area (Å²) in [6.45, 7) is 0. The van der Waals surface area contributed by atoms with E-state index >= 15 is 0 Å². The molecule has 0 radical (unpaired) electrons. The van der Waals surface area contributed by atoms with Crippen molar-refractivity contribution >= 4 is 11.8 Å². The lowest BCUT2D eigenvalue weighted by Gasteiger charge is -2.12. The number of nitrogens with two attached hydrogens (primary N) is 1.